The fourth-order valence-corrected chi connectivity index (χ4v) is 1.83. The largest absolute Gasteiger partial charge is 0.388 e. The summed E-state index contributed by atoms with van der Waals surface area (Å²) in [5.41, 5.74) is 2.55. The van der Waals surface area contributed by atoms with E-state index in [0.717, 1.165) is 11.1 Å². The standard InChI is InChI=1S/C16H16O2/c1-12-7-9-14(10-8-12)16(18)11-15(17)13-5-3-2-4-6-13/h2-10,15,17H,11H2,1H3/t15-/m1/s1. The SMILES string of the molecule is Cc1ccc(C(=O)C[C@@H](O)c2ccccc2)cc1. The molecule has 0 unspecified atom stereocenters. The molecule has 1 atom stereocenters. The van der Waals surface area contributed by atoms with E-state index in [0.29, 0.717) is 5.56 Å². The first-order valence-electron chi connectivity index (χ1n) is 5.99. The van der Waals surface area contributed by atoms with E-state index in [1.54, 1.807) is 12.1 Å². The van der Waals surface area contributed by atoms with Gasteiger partial charge < -0.3 is 5.11 Å². The van der Waals surface area contributed by atoms with Gasteiger partial charge in [0.25, 0.3) is 0 Å². The van der Waals surface area contributed by atoms with Gasteiger partial charge in [-0.25, -0.2) is 0 Å². The van der Waals surface area contributed by atoms with Crippen molar-refractivity contribution in [2.45, 2.75) is 19.4 Å². The molecule has 0 amide bonds. The Morgan fingerprint density at radius 3 is 2.28 bits per heavy atom. The number of aliphatic hydroxyl groups is 1. The molecule has 2 aromatic carbocycles. The Hall–Kier alpha value is -1.93. The summed E-state index contributed by atoms with van der Waals surface area (Å²) in [5.74, 6) is -0.0358. The van der Waals surface area contributed by atoms with Crippen LogP contribution in [0.3, 0.4) is 0 Å². The van der Waals surface area contributed by atoms with Crippen molar-refractivity contribution in [3.05, 3.63) is 71.3 Å². The Balaban J connectivity index is 2.06. The van der Waals surface area contributed by atoms with Crippen LogP contribution in [0.1, 0.15) is 34.0 Å². The van der Waals surface area contributed by atoms with Crippen molar-refractivity contribution in [2.75, 3.05) is 0 Å². The van der Waals surface area contributed by atoms with Gasteiger partial charge in [-0.2, -0.15) is 0 Å². The van der Waals surface area contributed by atoms with Crippen molar-refractivity contribution < 1.29 is 9.90 Å². The molecule has 0 radical (unpaired) electrons. The van der Waals surface area contributed by atoms with Crippen molar-refractivity contribution in [2.24, 2.45) is 0 Å². The third-order valence-corrected chi connectivity index (χ3v) is 2.94. The van der Waals surface area contributed by atoms with Gasteiger partial charge in [0.15, 0.2) is 5.78 Å². The van der Waals surface area contributed by atoms with Crippen LogP contribution in [-0.2, 0) is 0 Å². The number of carbonyl (C=O) groups excluding carboxylic acids is 1. The van der Waals surface area contributed by atoms with Crippen LogP contribution in [0.2, 0.25) is 0 Å². The maximum Gasteiger partial charge on any atom is 0.165 e. The molecule has 2 aromatic rings. The lowest BCUT2D eigenvalue weighted by Crippen LogP contribution is -2.07. The maximum atomic E-state index is 12.0. The van der Waals surface area contributed by atoms with E-state index >= 15 is 0 Å². The molecular formula is C16H16O2. The monoisotopic (exact) mass is 240 g/mol. The molecule has 0 saturated heterocycles. The average Bonchev–Trinajstić information content (AvgIpc) is 2.40. The van der Waals surface area contributed by atoms with Crippen LogP contribution in [0.25, 0.3) is 0 Å². The number of carbonyl (C=O) groups is 1. The Morgan fingerprint density at radius 1 is 1.06 bits per heavy atom. The fourth-order valence-electron chi connectivity index (χ4n) is 1.83. The van der Waals surface area contributed by atoms with Gasteiger partial charge in [-0.1, -0.05) is 60.2 Å². The van der Waals surface area contributed by atoms with Gasteiger partial charge in [0, 0.05) is 12.0 Å². The second-order valence-corrected chi connectivity index (χ2v) is 4.42. The quantitative estimate of drug-likeness (QED) is 0.832. The van der Waals surface area contributed by atoms with E-state index in [9.17, 15) is 9.90 Å². The molecule has 1 N–H and O–H groups in total. The summed E-state index contributed by atoms with van der Waals surface area (Å²) in [7, 11) is 0. The van der Waals surface area contributed by atoms with Crippen LogP contribution in [-0.4, -0.2) is 10.9 Å². The van der Waals surface area contributed by atoms with E-state index in [-0.39, 0.29) is 12.2 Å². The fraction of sp³-hybridized carbons (Fsp3) is 0.188. The van der Waals surface area contributed by atoms with Crippen LogP contribution >= 0.6 is 0 Å². The predicted octanol–water partition coefficient (Wildman–Crippen LogP) is 3.30. The first kappa shape index (κ1) is 12.5. The molecule has 0 aliphatic heterocycles. The van der Waals surface area contributed by atoms with Gasteiger partial charge >= 0.3 is 0 Å². The number of Topliss-reactive ketones (excluding diaryl/α,β-unsaturated/α-hetero) is 1. The second kappa shape index (κ2) is 5.61. The first-order valence-corrected chi connectivity index (χ1v) is 5.99. The van der Waals surface area contributed by atoms with Crippen LogP contribution in [0.15, 0.2) is 54.6 Å². The lowest BCUT2D eigenvalue weighted by molar-refractivity contribution is 0.0880. The smallest absolute Gasteiger partial charge is 0.165 e. The molecule has 92 valence electrons. The van der Waals surface area contributed by atoms with E-state index in [1.807, 2.05) is 49.4 Å². The van der Waals surface area contributed by atoms with Gasteiger partial charge in [0.2, 0.25) is 0 Å². The number of hydrogen-bond acceptors (Lipinski definition) is 2. The number of ketones is 1. The van der Waals surface area contributed by atoms with Crippen molar-refractivity contribution in [1.82, 2.24) is 0 Å². The van der Waals surface area contributed by atoms with Gasteiger partial charge in [-0.05, 0) is 12.5 Å². The summed E-state index contributed by atoms with van der Waals surface area (Å²) < 4.78 is 0. The molecule has 0 aliphatic carbocycles. The Bertz CT molecular complexity index is 515. The molecule has 0 heterocycles. The number of benzene rings is 2. The topological polar surface area (TPSA) is 37.3 Å². The minimum atomic E-state index is -0.736. The van der Waals surface area contributed by atoms with E-state index in [1.165, 1.54) is 0 Å². The van der Waals surface area contributed by atoms with E-state index in [4.69, 9.17) is 0 Å². The molecule has 0 spiro atoms. The summed E-state index contributed by atoms with van der Waals surface area (Å²) in [5, 5.41) is 9.99. The van der Waals surface area contributed by atoms with Crippen molar-refractivity contribution in [3.63, 3.8) is 0 Å². The van der Waals surface area contributed by atoms with Gasteiger partial charge in [-0.15, -0.1) is 0 Å². The number of aliphatic hydroxyl groups excluding tert-OH is 1. The Kier molecular flexibility index (Phi) is 3.90. The summed E-state index contributed by atoms with van der Waals surface area (Å²) in [6.45, 7) is 1.98. The van der Waals surface area contributed by atoms with Crippen LogP contribution in [0.4, 0.5) is 0 Å². The number of hydrogen-bond donors (Lipinski definition) is 1. The normalized spacial score (nSPS) is 12.1. The molecule has 18 heavy (non-hydrogen) atoms. The molecule has 0 fully saturated rings. The van der Waals surface area contributed by atoms with Gasteiger partial charge in [0.05, 0.1) is 6.10 Å². The molecule has 0 bridgehead atoms. The van der Waals surface area contributed by atoms with Crippen LogP contribution in [0, 0.1) is 6.92 Å². The van der Waals surface area contributed by atoms with E-state index < -0.39 is 6.10 Å². The van der Waals surface area contributed by atoms with E-state index in [2.05, 4.69) is 0 Å². The average molecular weight is 240 g/mol. The molecule has 0 aromatic heterocycles. The molecule has 2 rings (SSSR count). The highest BCUT2D eigenvalue weighted by molar-refractivity contribution is 5.96. The highest BCUT2D eigenvalue weighted by Gasteiger charge is 2.13. The maximum absolute atomic E-state index is 12.0. The zero-order chi connectivity index (χ0) is 13.0. The lowest BCUT2D eigenvalue weighted by atomic mass is 10.00. The van der Waals surface area contributed by atoms with Gasteiger partial charge in [0.1, 0.15) is 0 Å². The highest BCUT2D eigenvalue weighted by Crippen LogP contribution is 2.18. The third kappa shape index (κ3) is 3.05. The Morgan fingerprint density at radius 2 is 1.67 bits per heavy atom. The lowest BCUT2D eigenvalue weighted by Gasteiger charge is -2.10. The predicted molar refractivity (Wildman–Crippen MR) is 71.5 cm³/mol. The molecule has 2 nitrogen and oxygen atoms in total. The minimum absolute atomic E-state index is 0.0358. The minimum Gasteiger partial charge on any atom is -0.388 e. The zero-order valence-corrected chi connectivity index (χ0v) is 10.3. The second-order valence-electron chi connectivity index (χ2n) is 4.42. The summed E-state index contributed by atoms with van der Waals surface area (Å²) in [6, 6.07) is 16.7. The molecular weight excluding hydrogens is 224 g/mol. The molecule has 2 heteroatoms. The third-order valence-electron chi connectivity index (χ3n) is 2.94. The molecule has 0 saturated carbocycles. The van der Waals surface area contributed by atoms with Crippen molar-refractivity contribution in [3.8, 4) is 0 Å². The Labute approximate surface area is 107 Å². The highest BCUT2D eigenvalue weighted by atomic mass is 16.3. The van der Waals surface area contributed by atoms with Crippen molar-refractivity contribution >= 4 is 5.78 Å². The van der Waals surface area contributed by atoms with Crippen molar-refractivity contribution in [1.29, 1.82) is 0 Å². The van der Waals surface area contributed by atoms with Gasteiger partial charge in [-0.3, -0.25) is 4.79 Å². The zero-order valence-electron chi connectivity index (χ0n) is 10.3. The number of rotatable bonds is 4. The van der Waals surface area contributed by atoms with Crippen LogP contribution < -0.4 is 0 Å². The first-order chi connectivity index (χ1) is 8.66. The molecule has 0 aliphatic rings. The summed E-state index contributed by atoms with van der Waals surface area (Å²) >= 11 is 0. The summed E-state index contributed by atoms with van der Waals surface area (Å²) in [6.07, 6.45) is -0.618. The number of aryl methyl sites for hydroxylation is 1. The van der Waals surface area contributed by atoms with Crippen LogP contribution in [0.5, 0.6) is 0 Å². The summed E-state index contributed by atoms with van der Waals surface area (Å²) in [4.78, 5) is 12.0.